The summed E-state index contributed by atoms with van der Waals surface area (Å²) in [5.41, 5.74) is -1.18. The van der Waals surface area contributed by atoms with Crippen LogP contribution in [0.25, 0.3) is 10.8 Å². The number of nitrogens with zero attached hydrogens (tertiary/aromatic N) is 3. The number of amides is 1. The van der Waals surface area contributed by atoms with Gasteiger partial charge in [0.05, 0.1) is 23.2 Å². The van der Waals surface area contributed by atoms with Gasteiger partial charge in [-0.25, -0.2) is 0 Å². The highest BCUT2D eigenvalue weighted by Crippen LogP contribution is 2.37. The van der Waals surface area contributed by atoms with Gasteiger partial charge in [0, 0.05) is 32.2 Å². The van der Waals surface area contributed by atoms with Crippen molar-refractivity contribution in [1.82, 2.24) is 4.90 Å². The normalized spacial score (nSPS) is 14.4. The fourth-order valence-corrected chi connectivity index (χ4v) is 3.99. The molecule has 0 spiro atoms. The third-order valence-electron chi connectivity index (χ3n) is 5.71. The SMILES string of the molecule is COc1cc2ccccc2cc1C(=O)N1CCN(c2ccc(C(F)(F)F)cc2[N+](=O)[O-])CC1. The number of benzene rings is 3. The molecule has 1 amide bonds. The smallest absolute Gasteiger partial charge is 0.416 e. The third-order valence-corrected chi connectivity index (χ3v) is 5.71. The molecule has 1 saturated heterocycles. The Labute approximate surface area is 187 Å². The number of carbonyl (C=O) groups excluding carboxylic acids is 1. The fourth-order valence-electron chi connectivity index (χ4n) is 3.99. The molecule has 0 unspecified atom stereocenters. The molecule has 0 aromatic heterocycles. The molecule has 0 radical (unpaired) electrons. The van der Waals surface area contributed by atoms with Crippen LogP contribution in [0, 0.1) is 10.1 Å². The molecule has 0 aliphatic carbocycles. The lowest BCUT2D eigenvalue weighted by Crippen LogP contribution is -2.49. The maximum absolute atomic E-state index is 13.2. The van der Waals surface area contributed by atoms with Gasteiger partial charge < -0.3 is 14.5 Å². The minimum Gasteiger partial charge on any atom is -0.496 e. The highest BCUT2D eigenvalue weighted by Gasteiger charge is 2.34. The van der Waals surface area contributed by atoms with Gasteiger partial charge in [0.15, 0.2) is 0 Å². The third kappa shape index (κ3) is 4.41. The summed E-state index contributed by atoms with van der Waals surface area (Å²) in [5.74, 6) is 0.207. The maximum Gasteiger partial charge on any atom is 0.416 e. The molecule has 7 nitrogen and oxygen atoms in total. The van der Waals surface area contributed by atoms with Gasteiger partial charge in [-0.2, -0.15) is 13.2 Å². The molecule has 172 valence electrons. The van der Waals surface area contributed by atoms with Crippen molar-refractivity contribution in [2.75, 3.05) is 38.2 Å². The molecule has 1 fully saturated rings. The Morgan fingerprint density at radius 2 is 1.64 bits per heavy atom. The number of fused-ring (bicyclic) bond motifs is 1. The molecule has 33 heavy (non-hydrogen) atoms. The number of hydrogen-bond donors (Lipinski definition) is 0. The van der Waals surface area contributed by atoms with Crippen LogP contribution in [-0.2, 0) is 6.18 Å². The highest BCUT2D eigenvalue weighted by molar-refractivity contribution is 6.01. The quantitative estimate of drug-likeness (QED) is 0.416. The zero-order valence-electron chi connectivity index (χ0n) is 17.6. The minimum absolute atomic E-state index is 0.100. The average molecular weight is 459 g/mol. The first-order valence-corrected chi connectivity index (χ1v) is 10.2. The van der Waals surface area contributed by atoms with Crippen molar-refractivity contribution in [2.45, 2.75) is 6.18 Å². The van der Waals surface area contributed by atoms with E-state index in [2.05, 4.69) is 0 Å². The Morgan fingerprint density at radius 1 is 1.00 bits per heavy atom. The number of methoxy groups -OCH3 is 1. The van der Waals surface area contributed by atoms with Crippen LogP contribution in [0.15, 0.2) is 54.6 Å². The lowest BCUT2D eigenvalue weighted by atomic mass is 10.0. The molecule has 1 heterocycles. The van der Waals surface area contributed by atoms with Crippen molar-refractivity contribution < 1.29 is 27.6 Å². The van der Waals surface area contributed by atoms with Gasteiger partial charge in [0.1, 0.15) is 11.4 Å². The van der Waals surface area contributed by atoms with Gasteiger partial charge in [0.25, 0.3) is 11.6 Å². The Balaban J connectivity index is 1.54. The molecule has 10 heteroatoms. The van der Waals surface area contributed by atoms with Gasteiger partial charge in [-0.15, -0.1) is 0 Å². The van der Waals surface area contributed by atoms with Crippen LogP contribution in [0.1, 0.15) is 15.9 Å². The summed E-state index contributed by atoms with van der Waals surface area (Å²) in [7, 11) is 1.49. The average Bonchev–Trinajstić information content (AvgIpc) is 2.81. The summed E-state index contributed by atoms with van der Waals surface area (Å²) in [4.78, 5) is 27.0. The van der Waals surface area contributed by atoms with Crippen LogP contribution in [0.3, 0.4) is 0 Å². The zero-order chi connectivity index (χ0) is 23.8. The molecule has 1 aliphatic heterocycles. The molecule has 4 rings (SSSR count). The number of rotatable bonds is 4. The van der Waals surface area contributed by atoms with Crippen LogP contribution >= 0.6 is 0 Å². The van der Waals surface area contributed by atoms with Crippen LogP contribution in [0.4, 0.5) is 24.5 Å². The van der Waals surface area contributed by atoms with E-state index in [1.54, 1.807) is 21.9 Å². The van der Waals surface area contributed by atoms with E-state index in [0.29, 0.717) is 17.4 Å². The van der Waals surface area contributed by atoms with Crippen molar-refractivity contribution in [3.63, 3.8) is 0 Å². The van der Waals surface area contributed by atoms with Crippen LogP contribution < -0.4 is 9.64 Å². The predicted octanol–water partition coefficient (Wildman–Crippen LogP) is 4.74. The van der Waals surface area contributed by atoms with Crippen LogP contribution in [0.2, 0.25) is 0 Å². The van der Waals surface area contributed by atoms with E-state index < -0.39 is 22.4 Å². The molecular formula is C23H20F3N3O4. The first-order valence-electron chi connectivity index (χ1n) is 10.2. The number of ether oxygens (including phenoxy) is 1. The summed E-state index contributed by atoms with van der Waals surface area (Å²) < 4.78 is 44.3. The van der Waals surface area contributed by atoms with Crippen molar-refractivity contribution in [3.05, 3.63) is 75.8 Å². The van der Waals surface area contributed by atoms with E-state index in [1.807, 2.05) is 24.3 Å². The van der Waals surface area contributed by atoms with Gasteiger partial charge in [-0.3, -0.25) is 14.9 Å². The van der Waals surface area contributed by atoms with Crippen LogP contribution in [-0.4, -0.2) is 49.0 Å². The van der Waals surface area contributed by atoms with Crippen LogP contribution in [0.5, 0.6) is 5.75 Å². The largest absolute Gasteiger partial charge is 0.496 e. The van der Waals surface area contributed by atoms with E-state index in [1.165, 1.54) is 7.11 Å². The highest BCUT2D eigenvalue weighted by atomic mass is 19.4. The number of piperazine rings is 1. The van der Waals surface area contributed by atoms with E-state index in [-0.39, 0.29) is 37.8 Å². The summed E-state index contributed by atoms with van der Waals surface area (Å²) >= 11 is 0. The molecule has 0 N–H and O–H groups in total. The second kappa shape index (κ2) is 8.61. The molecule has 0 atom stereocenters. The minimum atomic E-state index is -4.67. The monoisotopic (exact) mass is 459 g/mol. The van der Waals surface area contributed by atoms with E-state index >= 15 is 0 Å². The first kappa shape index (κ1) is 22.4. The Kier molecular flexibility index (Phi) is 5.84. The van der Waals surface area contributed by atoms with E-state index in [4.69, 9.17) is 4.74 Å². The molecule has 0 bridgehead atoms. The van der Waals surface area contributed by atoms with Crippen molar-refractivity contribution >= 4 is 28.1 Å². The number of alkyl halides is 3. The maximum atomic E-state index is 13.2. The van der Waals surface area contributed by atoms with Gasteiger partial charge >= 0.3 is 6.18 Å². The summed E-state index contributed by atoms with van der Waals surface area (Å²) in [6.45, 7) is 1.00. The van der Waals surface area contributed by atoms with Crippen molar-refractivity contribution in [1.29, 1.82) is 0 Å². The lowest BCUT2D eigenvalue weighted by Gasteiger charge is -2.36. The molecule has 1 aliphatic rings. The topological polar surface area (TPSA) is 75.9 Å². The number of anilines is 1. The number of halogens is 3. The Morgan fingerprint density at radius 3 is 2.21 bits per heavy atom. The van der Waals surface area contributed by atoms with Gasteiger partial charge in [-0.1, -0.05) is 24.3 Å². The summed E-state index contributed by atoms with van der Waals surface area (Å²) in [6.07, 6.45) is -4.67. The number of hydrogen-bond acceptors (Lipinski definition) is 5. The Hall–Kier alpha value is -3.82. The lowest BCUT2D eigenvalue weighted by molar-refractivity contribution is -0.384. The molecule has 3 aromatic rings. The van der Waals surface area contributed by atoms with Gasteiger partial charge in [-0.05, 0) is 35.0 Å². The van der Waals surface area contributed by atoms with Gasteiger partial charge in [0.2, 0.25) is 0 Å². The van der Waals surface area contributed by atoms with Crippen molar-refractivity contribution in [3.8, 4) is 5.75 Å². The second-order valence-corrected chi connectivity index (χ2v) is 7.64. The number of nitro groups is 1. The van der Waals surface area contributed by atoms with E-state index in [9.17, 15) is 28.1 Å². The number of nitro benzene ring substituents is 1. The zero-order valence-corrected chi connectivity index (χ0v) is 17.6. The molecular weight excluding hydrogens is 439 g/mol. The Bertz CT molecular complexity index is 1220. The standard InChI is InChI=1S/C23H20F3N3O4/c1-33-21-13-16-5-3-2-4-15(16)12-18(21)22(30)28-10-8-27(9-11-28)19-7-6-17(23(24,25)26)14-20(19)29(31)32/h2-7,12-14H,8-11H2,1H3. The molecule has 0 saturated carbocycles. The first-order chi connectivity index (χ1) is 15.7. The van der Waals surface area contributed by atoms with Crippen molar-refractivity contribution in [2.24, 2.45) is 0 Å². The second-order valence-electron chi connectivity index (χ2n) is 7.64. The van der Waals surface area contributed by atoms with E-state index in [0.717, 1.165) is 22.9 Å². The fraction of sp³-hybridized carbons (Fsp3) is 0.261. The predicted molar refractivity (Wildman–Crippen MR) is 117 cm³/mol. The number of carbonyl (C=O) groups is 1. The summed E-state index contributed by atoms with van der Waals surface area (Å²) in [6, 6.07) is 13.6. The molecule has 3 aromatic carbocycles. The summed E-state index contributed by atoms with van der Waals surface area (Å²) in [5, 5.41) is 13.2.